The Labute approximate surface area is 211 Å². The summed E-state index contributed by atoms with van der Waals surface area (Å²) in [6, 6.07) is 6.68. The second-order valence-electron chi connectivity index (χ2n) is 8.30. The molecule has 2 rings (SSSR count). The lowest BCUT2D eigenvalue weighted by Crippen LogP contribution is -2.45. The van der Waals surface area contributed by atoms with Crippen molar-refractivity contribution in [1.29, 1.82) is 0 Å². The first-order chi connectivity index (χ1) is 16.5. The van der Waals surface area contributed by atoms with Crippen molar-refractivity contribution in [2.75, 3.05) is 12.4 Å². The number of carbonyl (C=O) groups is 2. The van der Waals surface area contributed by atoms with E-state index in [9.17, 15) is 35.9 Å². The molecule has 0 bridgehead atoms. The van der Waals surface area contributed by atoms with Crippen LogP contribution in [0.3, 0.4) is 0 Å². The van der Waals surface area contributed by atoms with E-state index in [0.717, 1.165) is 6.07 Å². The van der Waals surface area contributed by atoms with Gasteiger partial charge in [-0.2, -0.15) is 26.3 Å². The molecule has 0 heterocycles. The average Bonchev–Trinajstić information content (AvgIpc) is 2.71. The molecule has 36 heavy (non-hydrogen) atoms. The lowest BCUT2D eigenvalue weighted by Gasteiger charge is -2.24. The molecule has 6 nitrogen and oxygen atoms in total. The van der Waals surface area contributed by atoms with Crippen LogP contribution in [0.15, 0.2) is 46.0 Å². The van der Waals surface area contributed by atoms with Gasteiger partial charge in [-0.1, -0.05) is 23.4 Å². The highest BCUT2D eigenvalue weighted by atomic mass is 79.9. The standard InChI is InChI=1S/C23H22BrF6N3O3/c1-12-10-13(18(22(25,26)27)23(28,29)30)8-9-16(12)32-19(34)14-6-5-7-15(24)17(14)20(35)33-21(2,3)11-31-36-4/h5-11,18H,1-4H3,(H,32,34)(H,33,35)/b31-11+. The SMILES string of the molecule is CO/N=C/C(C)(C)NC(=O)c1c(Br)cccc1C(=O)Nc1ccc(C(C(F)(F)F)C(F)(F)F)cc1C. The van der Waals surface area contributed by atoms with Crippen LogP contribution in [0.4, 0.5) is 32.0 Å². The van der Waals surface area contributed by atoms with Crippen LogP contribution in [-0.2, 0) is 4.84 Å². The van der Waals surface area contributed by atoms with Gasteiger partial charge in [0.2, 0.25) is 0 Å². The van der Waals surface area contributed by atoms with Crippen LogP contribution < -0.4 is 10.6 Å². The van der Waals surface area contributed by atoms with Gasteiger partial charge in [-0.15, -0.1) is 0 Å². The zero-order valence-electron chi connectivity index (χ0n) is 19.4. The van der Waals surface area contributed by atoms with Gasteiger partial charge >= 0.3 is 12.4 Å². The van der Waals surface area contributed by atoms with Crippen molar-refractivity contribution >= 4 is 39.6 Å². The van der Waals surface area contributed by atoms with Gasteiger partial charge in [-0.05, 0) is 66.0 Å². The van der Waals surface area contributed by atoms with Crippen molar-refractivity contribution in [2.45, 2.75) is 44.6 Å². The van der Waals surface area contributed by atoms with Crippen LogP contribution >= 0.6 is 15.9 Å². The van der Waals surface area contributed by atoms with Gasteiger partial charge in [0, 0.05) is 10.2 Å². The Bertz CT molecular complexity index is 1150. The third kappa shape index (κ3) is 7.21. The Hall–Kier alpha value is -3.09. The van der Waals surface area contributed by atoms with Gasteiger partial charge in [0.1, 0.15) is 7.11 Å². The predicted molar refractivity (Wildman–Crippen MR) is 125 cm³/mol. The predicted octanol–water partition coefficient (Wildman–Crippen LogP) is 6.36. The normalized spacial score (nSPS) is 12.7. The van der Waals surface area contributed by atoms with Gasteiger partial charge in [-0.25, -0.2) is 0 Å². The number of alkyl halides is 6. The molecule has 0 aromatic heterocycles. The maximum Gasteiger partial charge on any atom is 0.404 e. The number of amides is 2. The number of oxime groups is 1. The minimum atomic E-state index is -5.55. The van der Waals surface area contributed by atoms with Crippen molar-refractivity contribution in [3.8, 4) is 0 Å². The van der Waals surface area contributed by atoms with Crippen molar-refractivity contribution in [3.05, 3.63) is 63.1 Å². The first-order valence-corrected chi connectivity index (χ1v) is 11.0. The number of hydrogen-bond acceptors (Lipinski definition) is 4. The van der Waals surface area contributed by atoms with E-state index in [-0.39, 0.29) is 26.9 Å². The van der Waals surface area contributed by atoms with Crippen LogP contribution in [0.25, 0.3) is 0 Å². The lowest BCUT2D eigenvalue weighted by molar-refractivity contribution is -0.253. The summed E-state index contributed by atoms with van der Waals surface area (Å²) in [7, 11) is 1.32. The topological polar surface area (TPSA) is 79.8 Å². The van der Waals surface area contributed by atoms with E-state index in [1.165, 1.54) is 38.4 Å². The van der Waals surface area contributed by atoms with Crippen LogP contribution in [0.2, 0.25) is 0 Å². The second kappa shape index (κ2) is 10.9. The number of carbonyl (C=O) groups excluding carboxylic acids is 2. The smallest absolute Gasteiger partial charge is 0.399 e. The van der Waals surface area contributed by atoms with Crippen LogP contribution in [0.5, 0.6) is 0 Å². The Morgan fingerprint density at radius 1 is 1.03 bits per heavy atom. The molecule has 0 atom stereocenters. The highest BCUT2D eigenvalue weighted by Crippen LogP contribution is 2.46. The fraction of sp³-hybridized carbons (Fsp3) is 0.348. The van der Waals surface area contributed by atoms with Crippen LogP contribution in [0, 0.1) is 6.92 Å². The maximum atomic E-state index is 13.1. The quantitative estimate of drug-likeness (QED) is 0.227. The van der Waals surface area contributed by atoms with Crippen LogP contribution in [-0.4, -0.2) is 43.0 Å². The molecule has 0 radical (unpaired) electrons. The maximum absolute atomic E-state index is 13.1. The van der Waals surface area contributed by atoms with Crippen molar-refractivity contribution in [3.63, 3.8) is 0 Å². The number of anilines is 1. The van der Waals surface area contributed by atoms with E-state index in [1.807, 2.05) is 0 Å². The van der Waals surface area contributed by atoms with E-state index < -0.39 is 41.2 Å². The van der Waals surface area contributed by atoms with Gasteiger partial charge < -0.3 is 15.5 Å². The molecular weight excluding hydrogens is 560 g/mol. The number of rotatable bonds is 7. The van der Waals surface area contributed by atoms with E-state index >= 15 is 0 Å². The molecule has 196 valence electrons. The number of hydrogen-bond donors (Lipinski definition) is 2. The largest absolute Gasteiger partial charge is 0.404 e. The van der Waals surface area contributed by atoms with Crippen LogP contribution in [0.1, 0.15) is 51.6 Å². The monoisotopic (exact) mass is 581 g/mol. The molecular formula is C23H22BrF6N3O3. The minimum absolute atomic E-state index is 0.0225. The number of nitrogens with zero attached hydrogens (tertiary/aromatic N) is 1. The molecule has 2 aromatic rings. The Balaban J connectivity index is 2.38. The molecule has 0 aliphatic heterocycles. The molecule has 0 unspecified atom stereocenters. The summed E-state index contributed by atoms with van der Waals surface area (Å²) >= 11 is 3.23. The number of nitrogens with one attached hydrogen (secondary N) is 2. The molecule has 0 spiro atoms. The fourth-order valence-electron chi connectivity index (χ4n) is 3.28. The summed E-state index contributed by atoms with van der Waals surface area (Å²) in [5.74, 6) is -5.12. The van der Waals surface area contributed by atoms with E-state index in [2.05, 4.69) is 36.6 Å². The zero-order valence-corrected chi connectivity index (χ0v) is 21.0. The molecule has 0 saturated carbocycles. The Morgan fingerprint density at radius 2 is 1.64 bits per heavy atom. The minimum Gasteiger partial charge on any atom is -0.399 e. The average molecular weight is 582 g/mol. The van der Waals surface area contributed by atoms with Gasteiger partial charge in [0.05, 0.1) is 22.9 Å². The first-order valence-electron chi connectivity index (χ1n) is 10.2. The number of benzene rings is 2. The highest BCUT2D eigenvalue weighted by Gasteiger charge is 2.57. The summed E-state index contributed by atoms with van der Waals surface area (Å²) in [6.45, 7) is 4.52. The summed E-state index contributed by atoms with van der Waals surface area (Å²) in [6.07, 6.45) is -9.76. The molecule has 13 heteroatoms. The van der Waals surface area contributed by atoms with E-state index in [1.54, 1.807) is 13.8 Å². The lowest BCUT2D eigenvalue weighted by atomic mass is 9.95. The molecule has 0 saturated heterocycles. The van der Waals surface area contributed by atoms with Crippen molar-refractivity contribution in [1.82, 2.24) is 5.32 Å². The Kier molecular flexibility index (Phi) is 8.82. The molecule has 0 aliphatic rings. The molecule has 2 N–H and O–H groups in total. The van der Waals surface area contributed by atoms with E-state index in [4.69, 9.17) is 0 Å². The molecule has 2 amide bonds. The Morgan fingerprint density at radius 3 is 2.17 bits per heavy atom. The van der Waals surface area contributed by atoms with Gasteiger partial charge in [-0.3, -0.25) is 9.59 Å². The summed E-state index contributed by atoms with van der Waals surface area (Å²) < 4.78 is 78.6. The summed E-state index contributed by atoms with van der Waals surface area (Å²) in [4.78, 5) is 30.6. The van der Waals surface area contributed by atoms with Crippen molar-refractivity contribution < 1.29 is 40.8 Å². The van der Waals surface area contributed by atoms with Gasteiger partial charge in [0.15, 0.2) is 5.92 Å². The third-order valence-electron chi connectivity index (χ3n) is 4.89. The molecule has 2 aromatic carbocycles. The first kappa shape index (κ1) is 29.1. The highest BCUT2D eigenvalue weighted by molar-refractivity contribution is 9.10. The number of halogens is 7. The number of aryl methyl sites for hydroxylation is 1. The molecule has 0 fully saturated rings. The summed E-state index contributed by atoms with van der Waals surface area (Å²) in [5.41, 5.74) is -2.16. The third-order valence-corrected chi connectivity index (χ3v) is 5.55. The molecule has 0 aliphatic carbocycles. The van der Waals surface area contributed by atoms with Gasteiger partial charge in [0.25, 0.3) is 11.8 Å². The fourth-order valence-corrected chi connectivity index (χ4v) is 3.82. The van der Waals surface area contributed by atoms with Crippen molar-refractivity contribution in [2.24, 2.45) is 5.16 Å². The summed E-state index contributed by atoms with van der Waals surface area (Å²) in [5, 5.41) is 8.73. The van der Waals surface area contributed by atoms with E-state index in [0.29, 0.717) is 12.1 Å². The second-order valence-corrected chi connectivity index (χ2v) is 9.15. The zero-order chi connectivity index (χ0) is 27.5.